The van der Waals surface area contributed by atoms with Gasteiger partial charge in [0, 0.05) is 38.1 Å². The normalized spacial score (nSPS) is 24.4. The third-order valence-corrected chi connectivity index (χ3v) is 8.59. The predicted molar refractivity (Wildman–Crippen MR) is 134 cm³/mol. The van der Waals surface area contributed by atoms with Crippen LogP contribution in [0.15, 0.2) is 42.5 Å². The molecule has 4 heterocycles. The van der Waals surface area contributed by atoms with E-state index < -0.39 is 5.95 Å². The molecule has 1 aromatic carbocycles. The van der Waals surface area contributed by atoms with Gasteiger partial charge in [-0.1, -0.05) is 41.7 Å². The summed E-state index contributed by atoms with van der Waals surface area (Å²) in [6, 6.07) is 13.5. The number of anilines is 1. The van der Waals surface area contributed by atoms with Crippen LogP contribution in [0.4, 0.5) is 14.3 Å². The van der Waals surface area contributed by atoms with Gasteiger partial charge in [-0.05, 0) is 44.4 Å². The fourth-order valence-corrected chi connectivity index (χ4v) is 7.01. The van der Waals surface area contributed by atoms with E-state index in [2.05, 4.69) is 44.0 Å². The van der Waals surface area contributed by atoms with Crippen molar-refractivity contribution < 1.29 is 13.9 Å². The van der Waals surface area contributed by atoms with Crippen molar-refractivity contribution in [1.82, 2.24) is 19.8 Å². The maximum absolute atomic E-state index is 13.5. The molecule has 1 spiro atoms. The number of hydrogen-bond donors (Lipinski definition) is 0. The van der Waals surface area contributed by atoms with Gasteiger partial charge in [0.15, 0.2) is 5.13 Å². The Labute approximate surface area is 208 Å². The molecule has 2 aromatic heterocycles. The van der Waals surface area contributed by atoms with Crippen molar-refractivity contribution in [3.05, 3.63) is 54.0 Å². The topological polar surface area (TPSA) is 61.8 Å². The summed E-state index contributed by atoms with van der Waals surface area (Å²) in [7, 11) is 0. The predicted octanol–water partition coefficient (Wildman–Crippen LogP) is 4.53. The highest BCUT2D eigenvalue weighted by Gasteiger charge is 2.54. The van der Waals surface area contributed by atoms with Gasteiger partial charge < -0.3 is 9.64 Å². The Morgan fingerprint density at radius 2 is 1.80 bits per heavy atom. The third kappa shape index (κ3) is 4.36. The van der Waals surface area contributed by atoms with Crippen LogP contribution in [0.2, 0.25) is 0 Å². The number of piperazine rings is 1. The second kappa shape index (κ2) is 8.71. The second-order valence-corrected chi connectivity index (χ2v) is 11.5. The number of rotatable bonds is 4. The number of pyridine rings is 1. The zero-order valence-electron chi connectivity index (χ0n) is 20.1. The molecule has 35 heavy (non-hydrogen) atoms. The quantitative estimate of drug-likeness (QED) is 0.496. The second-order valence-electron chi connectivity index (χ2n) is 10.5. The van der Waals surface area contributed by atoms with E-state index in [1.807, 2.05) is 24.8 Å². The van der Waals surface area contributed by atoms with Crippen molar-refractivity contribution in [1.29, 1.82) is 0 Å². The molecule has 0 bridgehead atoms. The summed E-state index contributed by atoms with van der Waals surface area (Å²) in [5, 5.41) is 0.816. The van der Waals surface area contributed by atoms with Crippen LogP contribution in [-0.4, -0.2) is 70.2 Å². The Hall–Kier alpha value is -2.78. The molecule has 3 fully saturated rings. The van der Waals surface area contributed by atoms with Crippen molar-refractivity contribution in [3.8, 4) is 0 Å². The fraction of sp³-hybridized carbons (Fsp3) is 0.500. The van der Waals surface area contributed by atoms with Crippen LogP contribution in [0.5, 0.6) is 0 Å². The molecular formula is C26H30FN5O2S. The first-order chi connectivity index (χ1) is 16.9. The summed E-state index contributed by atoms with van der Waals surface area (Å²) in [5.74, 6) is -0.495. The van der Waals surface area contributed by atoms with Crippen molar-refractivity contribution in [2.75, 3.05) is 31.1 Å². The first-order valence-electron chi connectivity index (χ1n) is 12.3. The SMILES string of the molecule is C[C@@H]1CN(c2nc3ccc(F)nc3s2)C[C@H](C)N1C(=O)OC1CC2(C1)CN(Cc1ccccc1)C2. The molecule has 0 radical (unpaired) electrons. The van der Waals surface area contributed by atoms with Gasteiger partial charge in [0.2, 0.25) is 5.95 Å². The van der Waals surface area contributed by atoms with Crippen molar-refractivity contribution in [2.45, 2.75) is 51.4 Å². The van der Waals surface area contributed by atoms with E-state index in [0.29, 0.717) is 28.9 Å². The Morgan fingerprint density at radius 1 is 1.09 bits per heavy atom. The molecule has 9 heteroatoms. The lowest BCUT2D eigenvalue weighted by molar-refractivity contribution is -0.137. The number of carbonyl (C=O) groups excluding carboxylic acids is 1. The number of carbonyl (C=O) groups is 1. The zero-order chi connectivity index (χ0) is 24.2. The fourth-order valence-electron chi connectivity index (χ4n) is 6.06. The van der Waals surface area contributed by atoms with Crippen LogP contribution in [-0.2, 0) is 11.3 Å². The van der Waals surface area contributed by atoms with E-state index in [1.54, 1.807) is 6.07 Å². The van der Waals surface area contributed by atoms with E-state index in [0.717, 1.165) is 37.6 Å². The van der Waals surface area contributed by atoms with Crippen molar-refractivity contribution in [3.63, 3.8) is 0 Å². The molecule has 1 aliphatic carbocycles. The van der Waals surface area contributed by atoms with E-state index >= 15 is 0 Å². The lowest BCUT2D eigenvalue weighted by Crippen LogP contribution is -2.64. The van der Waals surface area contributed by atoms with E-state index in [1.165, 1.54) is 23.0 Å². The Bertz CT molecular complexity index is 1210. The van der Waals surface area contributed by atoms with Crippen LogP contribution >= 0.6 is 11.3 Å². The molecule has 0 unspecified atom stereocenters. The maximum atomic E-state index is 13.5. The Balaban J connectivity index is 1.00. The molecule has 2 aliphatic heterocycles. The summed E-state index contributed by atoms with van der Waals surface area (Å²) in [6.45, 7) is 8.57. The molecule has 3 aliphatic rings. The van der Waals surface area contributed by atoms with Gasteiger partial charge in [0.1, 0.15) is 16.5 Å². The number of nitrogens with zero attached hydrogens (tertiary/aromatic N) is 5. The van der Waals surface area contributed by atoms with Crippen LogP contribution in [0, 0.1) is 11.4 Å². The molecule has 7 nitrogen and oxygen atoms in total. The van der Waals surface area contributed by atoms with Gasteiger partial charge in [-0.3, -0.25) is 9.80 Å². The molecule has 1 saturated carbocycles. The lowest BCUT2D eigenvalue weighted by atomic mass is 9.61. The minimum absolute atomic E-state index is 0.0120. The van der Waals surface area contributed by atoms with Gasteiger partial charge in [-0.15, -0.1) is 0 Å². The molecule has 2 atom stereocenters. The van der Waals surface area contributed by atoms with E-state index in [-0.39, 0.29) is 24.3 Å². The van der Waals surface area contributed by atoms with Crippen LogP contribution in [0.25, 0.3) is 10.3 Å². The first-order valence-corrected chi connectivity index (χ1v) is 13.1. The number of fused-ring (bicyclic) bond motifs is 1. The number of halogens is 1. The molecule has 184 valence electrons. The smallest absolute Gasteiger partial charge is 0.410 e. The summed E-state index contributed by atoms with van der Waals surface area (Å²) >= 11 is 1.39. The van der Waals surface area contributed by atoms with Gasteiger partial charge >= 0.3 is 6.09 Å². The number of ether oxygens (including phenoxy) is 1. The molecule has 0 N–H and O–H groups in total. The van der Waals surface area contributed by atoms with Crippen LogP contribution in [0.1, 0.15) is 32.3 Å². The zero-order valence-corrected chi connectivity index (χ0v) is 20.9. The van der Waals surface area contributed by atoms with Gasteiger partial charge in [-0.25, -0.2) is 14.8 Å². The molecule has 3 aromatic rings. The number of amides is 1. The summed E-state index contributed by atoms with van der Waals surface area (Å²) in [4.78, 5) is 28.8. The van der Waals surface area contributed by atoms with Gasteiger partial charge in [-0.2, -0.15) is 4.39 Å². The van der Waals surface area contributed by atoms with Gasteiger partial charge in [0.05, 0.1) is 12.1 Å². The summed E-state index contributed by atoms with van der Waals surface area (Å²) < 4.78 is 19.4. The summed E-state index contributed by atoms with van der Waals surface area (Å²) in [6.07, 6.45) is 1.73. The number of likely N-dealkylation sites (tertiary alicyclic amines) is 1. The summed E-state index contributed by atoms with van der Waals surface area (Å²) in [5.41, 5.74) is 2.38. The third-order valence-electron chi connectivity index (χ3n) is 7.57. The van der Waals surface area contributed by atoms with E-state index in [4.69, 9.17) is 4.74 Å². The minimum atomic E-state index is -0.495. The van der Waals surface area contributed by atoms with Gasteiger partial charge in [0.25, 0.3) is 0 Å². The van der Waals surface area contributed by atoms with Crippen molar-refractivity contribution in [2.24, 2.45) is 5.41 Å². The van der Waals surface area contributed by atoms with Crippen LogP contribution < -0.4 is 4.90 Å². The highest BCUT2D eigenvalue weighted by Crippen LogP contribution is 2.50. The monoisotopic (exact) mass is 495 g/mol. The number of aromatic nitrogens is 2. The van der Waals surface area contributed by atoms with Crippen LogP contribution in [0.3, 0.4) is 0 Å². The average molecular weight is 496 g/mol. The average Bonchev–Trinajstić information content (AvgIpc) is 3.19. The lowest BCUT2D eigenvalue weighted by Gasteiger charge is -2.58. The minimum Gasteiger partial charge on any atom is -0.446 e. The Morgan fingerprint density at radius 3 is 2.51 bits per heavy atom. The molecule has 6 rings (SSSR count). The largest absolute Gasteiger partial charge is 0.446 e. The maximum Gasteiger partial charge on any atom is 0.410 e. The standard InChI is InChI=1S/C26H30FN5O2S/c1-17-12-31(24-28-21-8-9-22(27)29-23(21)35-24)13-18(2)32(17)25(33)34-20-10-26(11-20)15-30(16-26)14-19-6-4-3-5-7-19/h3-9,17-18,20H,10-16H2,1-2H3/t17-,18+. The number of hydrogen-bond acceptors (Lipinski definition) is 7. The van der Waals surface area contributed by atoms with Crippen molar-refractivity contribution >= 4 is 32.9 Å². The molecule has 2 saturated heterocycles. The molecular weight excluding hydrogens is 465 g/mol. The Kier molecular flexibility index (Phi) is 5.64. The first kappa shape index (κ1) is 22.7. The molecule has 1 amide bonds. The highest BCUT2D eigenvalue weighted by atomic mass is 32.1. The number of benzene rings is 1. The highest BCUT2D eigenvalue weighted by molar-refractivity contribution is 7.21. The van der Waals surface area contributed by atoms with E-state index in [9.17, 15) is 9.18 Å². The number of thiazole rings is 1.